The summed E-state index contributed by atoms with van der Waals surface area (Å²) in [4.78, 5) is 39.7. The molecule has 45 heavy (non-hydrogen) atoms. The molecule has 2 saturated carbocycles. The van der Waals surface area contributed by atoms with Crippen LogP contribution in [0.25, 0.3) is 0 Å². The maximum Gasteiger partial charge on any atom is 0.407 e. The highest BCUT2D eigenvalue weighted by Crippen LogP contribution is 2.51. The Morgan fingerprint density at radius 1 is 1.02 bits per heavy atom. The number of anilines is 1. The van der Waals surface area contributed by atoms with Crippen LogP contribution < -0.4 is 21.3 Å². The Bertz CT molecular complexity index is 1350. The van der Waals surface area contributed by atoms with Gasteiger partial charge in [-0.25, -0.2) is 4.79 Å². The number of carbonyl (C=O) groups is 3. The van der Waals surface area contributed by atoms with E-state index >= 15 is 0 Å². The van der Waals surface area contributed by atoms with Crippen LogP contribution in [0.5, 0.6) is 0 Å². The molecule has 11 heteroatoms. The second kappa shape index (κ2) is 13.9. The van der Waals surface area contributed by atoms with Crippen LogP contribution in [0, 0.1) is 17.8 Å². The van der Waals surface area contributed by atoms with E-state index in [1.807, 2.05) is 40.7 Å². The standard InChI is InChI=1S/C34H50N6O5/c1-20(2)40-28(15-16-36-40)31(41)39-30(29(21-7-8-21)22-9-10-22)32(42)37-24-12-13-26-23(17-24)11-14-27(26)35-18-25(19-44-6)38-33(43)45-34(3,4)5/h12-13,15-17,20-22,25,27,29-30,35H,7-11,14,18-19H2,1-6H3,(H,37,42)(H,38,43)(H,39,41)/t25-,27+,30-/m0/s1. The topological polar surface area (TPSA) is 136 Å². The van der Waals surface area contributed by atoms with Gasteiger partial charge in [-0.2, -0.15) is 5.10 Å². The van der Waals surface area contributed by atoms with Crippen molar-refractivity contribution in [2.45, 2.75) is 103 Å². The van der Waals surface area contributed by atoms with E-state index in [2.05, 4.69) is 38.5 Å². The average Bonchev–Trinajstić information content (AvgIpc) is 3.89. The summed E-state index contributed by atoms with van der Waals surface area (Å²) in [5.41, 5.74) is 2.99. The maximum atomic E-state index is 13.9. The van der Waals surface area contributed by atoms with E-state index in [1.165, 1.54) is 11.1 Å². The van der Waals surface area contributed by atoms with Gasteiger partial charge in [-0.05, 0) is 120 Å². The molecule has 0 aliphatic heterocycles. The summed E-state index contributed by atoms with van der Waals surface area (Å²) in [6.07, 6.45) is 7.37. The fraction of sp³-hybridized carbons (Fsp3) is 0.647. The minimum absolute atomic E-state index is 0.0347. The molecular weight excluding hydrogens is 572 g/mol. The first-order chi connectivity index (χ1) is 21.4. The third kappa shape index (κ3) is 8.64. The molecule has 3 amide bonds. The SMILES string of the molecule is COC[C@H](CN[C@@H]1CCc2cc(NC(=O)[C@@H](NC(=O)c3ccnn3C(C)C)C(C3CC3)C3CC3)ccc21)NC(=O)OC(C)(C)C. The zero-order chi connectivity index (χ0) is 32.3. The van der Waals surface area contributed by atoms with Crippen molar-refractivity contribution < 1.29 is 23.9 Å². The van der Waals surface area contributed by atoms with Crippen molar-refractivity contribution in [3.05, 3.63) is 47.3 Å². The molecule has 1 heterocycles. The smallest absolute Gasteiger partial charge is 0.407 e. The van der Waals surface area contributed by atoms with Gasteiger partial charge < -0.3 is 30.7 Å². The van der Waals surface area contributed by atoms with Gasteiger partial charge in [0.15, 0.2) is 0 Å². The van der Waals surface area contributed by atoms with E-state index in [1.54, 1.807) is 24.1 Å². The second-order valence-electron chi connectivity index (χ2n) is 14.2. The van der Waals surface area contributed by atoms with E-state index in [4.69, 9.17) is 9.47 Å². The Labute approximate surface area is 266 Å². The highest BCUT2D eigenvalue weighted by molar-refractivity contribution is 6.01. The summed E-state index contributed by atoms with van der Waals surface area (Å²) in [6.45, 7) is 10.4. The zero-order valence-electron chi connectivity index (χ0n) is 27.5. The Balaban J connectivity index is 1.24. The van der Waals surface area contributed by atoms with Gasteiger partial charge in [0, 0.05) is 37.6 Å². The lowest BCUT2D eigenvalue weighted by Crippen LogP contribution is -2.50. The number of nitrogens with one attached hydrogen (secondary N) is 4. The first kappa shape index (κ1) is 32.9. The number of hydrogen-bond acceptors (Lipinski definition) is 7. The molecule has 0 saturated heterocycles. The van der Waals surface area contributed by atoms with E-state index in [0.29, 0.717) is 30.7 Å². The third-order valence-electron chi connectivity index (χ3n) is 8.87. The zero-order valence-corrected chi connectivity index (χ0v) is 27.5. The minimum Gasteiger partial charge on any atom is -0.444 e. The van der Waals surface area contributed by atoms with Gasteiger partial charge in [-0.3, -0.25) is 14.3 Å². The molecule has 0 spiro atoms. The van der Waals surface area contributed by atoms with Gasteiger partial charge in [0.05, 0.1) is 12.6 Å². The number of amides is 3. The van der Waals surface area contributed by atoms with Crippen LogP contribution in [0.3, 0.4) is 0 Å². The number of methoxy groups -OCH3 is 1. The molecule has 3 atom stereocenters. The van der Waals surface area contributed by atoms with Crippen molar-refractivity contribution >= 4 is 23.6 Å². The van der Waals surface area contributed by atoms with Crippen LogP contribution in [0.15, 0.2) is 30.5 Å². The van der Waals surface area contributed by atoms with Gasteiger partial charge in [-0.15, -0.1) is 0 Å². The van der Waals surface area contributed by atoms with Crippen LogP contribution in [-0.2, 0) is 20.7 Å². The highest BCUT2D eigenvalue weighted by atomic mass is 16.6. The molecule has 3 aliphatic carbocycles. The van der Waals surface area contributed by atoms with Crippen LogP contribution in [-0.4, -0.2) is 65.6 Å². The summed E-state index contributed by atoms with van der Waals surface area (Å²) in [5.74, 6) is 0.667. The first-order valence-corrected chi connectivity index (χ1v) is 16.4. The number of fused-ring (bicyclic) bond motifs is 1. The Morgan fingerprint density at radius 2 is 1.73 bits per heavy atom. The molecule has 4 N–H and O–H groups in total. The number of rotatable bonds is 14. The number of carbonyl (C=O) groups excluding carboxylic acids is 3. The van der Waals surface area contributed by atoms with Crippen molar-refractivity contribution in [3.8, 4) is 0 Å². The lowest BCUT2D eigenvalue weighted by molar-refractivity contribution is -0.119. The van der Waals surface area contributed by atoms with E-state index in [9.17, 15) is 14.4 Å². The van der Waals surface area contributed by atoms with Gasteiger partial charge in [-0.1, -0.05) is 6.07 Å². The van der Waals surface area contributed by atoms with Crippen LogP contribution in [0.1, 0.15) is 100 Å². The number of aryl methyl sites for hydroxylation is 1. The van der Waals surface area contributed by atoms with E-state index < -0.39 is 17.7 Å². The molecule has 11 nitrogen and oxygen atoms in total. The molecule has 0 radical (unpaired) electrons. The average molecular weight is 623 g/mol. The molecule has 2 fully saturated rings. The fourth-order valence-electron chi connectivity index (χ4n) is 6.59. The fourth-order valence-corrected chi connectivity index (χ4v) is 6.59. The molecule has 0 bridgehead atoms. The predicted molar refractivity (Wildman–Crippen MR) is 172 cm³/mol. The van der Waals surface area contributed by atoms with Crippen LogP contribution in [0.2, 0.25) is 0 Å². The molecule has 1 aromatic heterocycles. The van der Waals surface area contributed by atoms with Crippen molar-refractivity contribution in [1.82, 2.24) is 25.7 Å². The predicted octanol–water partition coefficient (Wildman–Crippen LogP) is 4.75. The monoisotopic (exact) mass is 622 g/mol. The Kier molecular flexibility index (Phi) is 10.2. The minimum atomic E-state index is -0.606. The summed E-state index contributed by atoms with van der Waals surface area (Å²) >= 11 is 0. The quantitative estimate of drug-likeness (QED) is 0.239. The number of aromatic nitrogens is 2. The number of alkyl carbamates (subject to hydrolysis) is 1. The Morgan fingerprint density at radius 3 is 2.36 bits per heavy atom. The van der Waals surface area contributed by atoms with Crippen molar-refractivity contribution in [3.63, 3.8) is 0 Å². The number of hydrogen-bond donors (Lipinski definition) is 4. The number of ether oxygens (including phenoxy) is 2. The lowest BCUT2D eigenvalue weighted by atomic mass is 9.88. The summed E-state index contributed by atoms with van der Waals surface area (Å²) in [6, 6.07) is 7.08. The highest BCUT2D eigenvalue weighted by Gasteiger charge is 2.48. The van der Waals surface area contributed by atoms with Crippen LogP contribution in [0.4, 0.5) is 10.5 Å². The largest absolute Gasteiger partial charge is 0.444 e. The van der Waals surface area contributed by atoms with Crippen molar-refractivity contribution in [1.29, 1.82) is 0 Å². The van der Waals surface area contributed by atoms with Crippen molar-refractivity contribution in [2.24, 2.45) is 17.8 Å². The molecule has 5 rings (SSSR count). The summed E-state index contributed by atoms with van der Waals surface area (Å²) in [5, 5.41) is 17.1. The van der Waals surface area contributed by atoms with Gasteiger partial charge in [0.1, 0.15) is 17.3 Å². The molecular formula is C34H50N6O5. The molecule has 3 aliphatic rings. The van der Waals surface area contributed by atoms with Gasteiger partial charge >= 0.3 is 6.09 Å². The van der Waals surface area contributed by atoms with Gasteiger partial charge in [0.2, 0.25) is 5.91 Å². The normalized spacial score (nSPS) is 19.2. The second-order valence-corrected chi connectivity index (χ2v) is 14.2. The summed E-state index contributed by atoms with van der Waals surface area (Å²) in [7, 11) is 1.61. The maximum absolute atomic E-state index is 13.9. The lowest BCUT2D eigenvalue weighted by Gasteiger charge is -2.28. The van der Waals surface area contributed by atoms with Crippen molar-refractivity contribution in [2.75, 3.05) is 25.6 Å². The summed E-state index contributed by atoms with van der Waals surface area (Å²) < 4.78 is 12.4. The number of benzene rings is 1. The molecule has 2 aromatic rings. The van der Waals surface area contributed by atoms with E-state index in [0.717, 1.165) is 44.2 Å². The number of nitrogens with zero attached hydrogens (tertiary/aromatic N) is 2. The van der Waals surface area contributed by atoms with Crippen LogP contribution >= 0.6 is 0 Å². The van der Waals surface area contributed by atoms with Gasteiger partial charge in [0.25, 0.3) is 5.91 Å². The molecule has 0 unspecified atom stereocenters. The first-order valence-electron chi connectivity index (χ1n) is 16.4. The molecule has 1 aromatic carbocycles. The Hall–Kier alpha value is -3.44. The molecule has 246 valence electrons. The third-order valence-corrected chi connectivity index (χ3v) is 8.87. The van der Waals surface area contributed by atoms with E-state index in [-0.39, 0.29) is 35.9 Å².